The van der Waals surface area contributed by atoms with Crippen LogP contribution in [0.1, 0.15) is 83.3 Å². The topological polar surface area (TPSA) is 41.6 Å². The average Bonchev–Trinajstić information content (AvgIpc) is 3.28. The van der Waals surface area contributed by atoms with E-state index >= 15 is 0 Å². The zero-order valence-electron chi connectivity index (χ0n) is 16.7. The lowest BCUT2D eigenvalue weighted by molar-refractivity contribution is 0.0918. The number of nitrogens with one attached hydrogen (secondary N) is 1. The number of aryl methyl sites for hydroxylation is 1. The number of carbonyl (C=O) groups excluding carboxylic acids is 1. The molecule has 0 bridgehead atoms. The van der Waals surface area contributed by atoms with Gasteiger partial charge in [-0.15, -0.1) is 0 Å². The molecule has 1 heterocycles. The summed E-state index contributed by atoms with van der Waals surface area (Å²) >= 11 is 0. The number of hydrogen-bond donors (Lipinski definition) is 1. The number of rotatable bonds is 4. The minimum Gasteiger partial charge on any atom is -0.373 e. The summed E-state index contributed by atoms with van der Waals surface area (Å²) in [6.07, 6.45) is 2.27. The molecule has 3 nitrogen and oxygen atoms in total. The Morgan fingerprint density at radius 1 is 1.17 bits per heavy atom. The Morgan fingerprint density at radius 3 is 2.21 bits per heavy atom. The van der Waals surface area contributed by atoms with Crippen LogP contribution in [0, 0.1) is 0 Å². The van der Waals surface area contributed by atoms with Crippen molar-refractivity contribution in [1.82, 2.24) is 5.32 Å². The van der Waals surface area contributed by atoms with Gasteiger partial charge in [0.2, 0.25) is 0 Å². The van der Waals surface area contributed by atoms with Crippen LogP contribution in [-0.2, 0) is 16.6 Å². The van der Waals surface area contributed by atoms with Gasteiger partial charge in [-0.25, -0.2) is 0 Å². The summed E-state index contributed by atoms with van der Waals surface area (Å²) in [5.74, 6) is 0.0188. The zero-order chi connectivity index (χ0) is 18.5. The van der Waals surface area contributed by atoms with Crippen molar-refractivity contribution in [3.8, 4) is 0 Å². The molecule has 1 aromatic carbocycles. The summed E-state index contributed by atoms with van der Waals surface area (Å²) in [5.41, 5.74) is 2.92. The van der Waals surface area contributed by atoms with Gasteiger partial charge in [0.15, 0.2) is 0 Å². The fourth-order valence-corrected chi connectivity index (χ4v) is 2.43. The SMILES string of the molecule is CC.CC(C)(C)NC(=O)c1cc(C(C)(C)C)ccc1CC[C@@H]1CO1. The van der Waals surface area contributed by atoms with Crippen molar-refractivity contribution in [3.05, 3.63) is 34.9 Å². The molecular weight excluding hydrogens is 298 g/mol. The molecule has 1 fully saturated rings. The molecule has 2 rings (SSSR count). The molecule has 0 unspecified atom stereocenters. The first kappa shape index (κ1) is 20.7. The molecule has 1 amide bonds. The fourth-order valence-electron chi connectivity index (χ4n) is 2.43. The molecule has 0 aromatic heterocycles. The highest BCUT2D eigenvalue weighted by atomic mass is 16.6. The molecule has 1 saturated heterocycles. The van der Waals surface area contributed by atoms with Gasteiger partial charge in [-0.2, -0.15) is 0 Å². The summed E-state index contributed by atoms with van der Waals surface area (Å²) in [5, 5.41) is 3.09. The number of carbonyl (C=O) groups is 1. The highest BCUT2D eigenvalue weighted by Crippen LogP contribution is 2.26. The van der Waals surface area contributed by atoms with Crippen LogP contribution in [-0.4, -0.2) is 24.2 Å². The summed E-state index contributed by atoms with van der Waals surface area (Å²) in [7, 11) is 0. The second-order valence-electron chi connectivity index (χ2n) is 8.32. The maximum Gasteiger partial charge on any atom is 0.251 e. The van der Waals surface area contributed by atoms with E-state index in [-0.39, 0.29) is 16.9 Å². The Bertz CT molecular complexity index is 546. The van der Waals surface area contributed by atoms with Crippen molar-refractivity contribution in [1.29, 1.82) is 0 Å². The fraction of sp³-hybridized carbons (Fsp3) is 0.667. The van der Waals surface area contributed by atoms with Crippen LogP contribution in [0.15, 0.2) is 18.2 Å². The third kappa shape index (κ3) is 6.64. The number of ether oxygens (including phenoxy) is 1. The molecule has 24 heavy (non-hydrogen) atoms. The van der Waals surface area contributed by atoms with Crippen molar-refractivity contribution in [2.45, 2.75) is 85.3 Å². The molecule has 1 aromatic rings. The van der Waals surface area contributed by atoms with Crippen molar-refractivity contribution in [2.75, 3.05) is 6.61 Å². The summed E-state index contributed by atoms with van der Waals surface area (Å²) in [4.78, 5) is 12.7. The molecule has 1 atom stereocenters. The highest BCUT2D eigenvalue weighted by Gasteiger charge is 2.25. The minimum atomic E-state index is -0.230. The maximum atomic E-state index is 12.7. The monoisotopic (exact) mass is 333 g/mol. The first-order valence-electron chi connectivity index (χ1n) is 9.14. The first-order valence-corrected chi connectivity index (χ1v) is 9.14. The predicted octanol–water partition coefficient (Wildman–Crippen LogP) is 4.87. The minimum absolute atomic E-state index is 0.0188. The van der Waals surface area contributed by atoms with Crippen LogP contribution >= 0.6 is 0 Å². The van der Waals surface area contributed by atoms with E-state index in [0.717, 1.165) is 30.6 Å². The molecule has 0 aliphatic carbocycles. The zero-order valence-corrected chi connectivity index (χ0v) is 16.7. The van der Waals surface area contributed by atoms with Crippen LogP contribution in [0.5, 0.6) is 0 Å². The summed E-state index contributed by atoms with van der Waals surface area (Å²) in [6.45, 7) is 17.4. The van der Waals surface area contributed by atoms with Gasteiger partial charge in [0, 0.05) is 11.1 Å². The van der Waals surface area contributed by atoms with Crippen molar-refractivity contribution in [2.24, 2.45) is 0 Å². The standard InChI is InChI=1S/C19H29NO2.C2H6/c1-18(2,3)14-9-7-13(8-10-15-12-22-15)16(11-14)17(21)20-19(4,5)6;1-2/h7,9,11,15H,8,10,12H2,1-6H3,(H,20,21);1-2H3/t15-;/m1./s1. The molecular formula is C21H35NO2. The Kier molecular flexibility index (Phi) is 7.03. The Balaban J connectivity index is 0.00000139. The van der Waals surface area contributed by atoms with Crippen molar-refractivity contribution in [3.63, 3.8) is 0 Å². The van der Waals surface area contributed by atoms with Gasteiger partial charge in [0.1, 0.15) is 0 Å². The van der Waals surface area contributed by atoms with E-state index < -0.39 is 0 Å². The van der Waals surface area contributed by atoms with Crippen molar-refractivity contribution >= 4 is 5.91 Å². The summed E-state index contributed by atoms with van der Waals surface area (Å²) in [6, 6.07) is 6.32. The van der Waals surface area contributed by atoms with E-state index in [0.29, 0.717) is 6.10 Å². The number of hydrogen-bond acceptors (Lipinski definition) is 2. The van der Waals surface area contributed by atoms with Crippen LogP contribution < -0.4 is 5.32 Å². The van der Waals surface area contributed by atoms with Gasteiger partial charge >= 0.3 is 0 Å². The average molecular weight is 334 g/mol. The van der Waals surface area contributed by atoms with E-state index in [4.69, 9.17) is 4.74 Å². The Morgan fingerprint density at radius 2 is 1.75 bits per heavy atom. The van der Waals surface area contributed by atoms with E-state index in [1.807, 2.05) is 34.6 Å². The van der Waals surface area contributed by atoms with Crippen LogP contribution in [0.4, 0.5) is 0 Å². The quantitative estimate of drug-likeness (QED) is 0.799. The Labute approximate surface area is 148 Å². The first-order chi connectivity index (χ1) is 11.1. The van der Waals surface area contributed by atoms with Crippen LogP contribution in [0.3, 0.4) is 0 Å². The molecule has 1 aliphatic rings. The van der Waals surface area contributed by atoms with Crippen molar-refractivity contribution < 1.29 is 9.53 Å². The summed E-state index contributed by atoms with van der Waals surface area (Å²) < 4.78 is 5.29. The smallest absolute Gasteiger partial charge is 0.251 e. The lowest BCUT2D eigenvalue weighted by Crippen LogP contribution is -2.41. The van der Waals surface area contributed by atoms with E-state index in [2.05, 4.69) is 44.3 Å². The largest absolute Gasteiger partial charge is 0.373 e. The third-order valence-corrected chi connectivity index (χ3v) is 3.85. The van der Waals surface area contributed by atoms with Gasteiger partial charge in [0.25, 0.3) is 5.91 Å². The second-order valence-corrected chi connectivity index (χ2v) is 8.32. The van der Waals surface area contributed by atoms with E-state index in [1.165, 1.54) is 5.56 Å². The lowest BCUT2D eigenvalue weighted by Gasteiger charge is -2.24. The van der Waals surface area contributed by atoms with E-state index in [1.54, 1.807) is 0 Å². The van der Waals surface area contributed by atoms with Gasteiger partial charge in [-0.1, -0.05) is 46.8 Å². The van der Waals surface area contributed by atoms with Crippen LogP contribution in [0.2, 0.25) is 0 Å². The molecule has 0 spiro atoms. The molecule has 1 N–H and O–H groups in total. The van der Waals surface area contributed by atoms with E-state index in [9.17, 15) is 4.79 Å². The molecule has 1 aliphatic heterocycles. The predicted molar refractivity (Wildman–Crippen MR) is 102 cm³/mol. The van der Waals surface area contributed by atoms with Gasteiger partial charge < -0.3 is 10.1 Å². The number of epoxide rings is 1. The van der Waals surface area contributed by atoms with Gasteiger partial charge in [-0.3, -0.25) is 4.79 Å². The Hall–Kier alpha value is -1.35. The second kappa shape index (κ2) is 8.15. The molecule has 3 heteroatoms. The van der Waals surface area contributed by atoms with Crippen LogP contribution in [0.25, 0.3) is 0 Å². The highest BCUT2D eigenvalue weighted by molar-refractivity contribution is 5.96. The van der Waals surface area contributed by atoms with Gasteiger partial charge in [-0.05, 0) is 56.2 Å². The molecule has 0 radical (unpaired) electrons. The molecule has 136 valence electrons. The lowest BCUT2D eigenvalue weighted by atomic mass is 9.84. The normalized spacial score (nSPS) is 16.9. The molecule has 0 saturated carbocycles. The number of amides is 1. The van der Waals surface area contributed by atoms with Gasteiger partial charge in [0.05, 0.1) is 12.7 Å². The third-order valence-electron chi connectivity index (χ3n) is 3.85. The maximum absolute atomic E-state index is 12.7. The number of benzene rings is 1.